The van der Waals surface area contributed by atoms with Crippen LogP contribution in [-0.4, -0.2) is 55.1 Å². The summed E-state index contributed by atoms with van der Waals surface area (Å²) in [7, 11) is 2.22. The predicted molar refractivity (Wildman–Crippen MR) is 61.4 cm³/mol. The van der Waals surface area contributed by atoms with Crippen molar-refractivity contribution in [2.45, 2.75) is 32.2 Å². The van der Waals surface area contributed by atoms with Gasteiger partial charge in [-0.1, -0.05) is 0 Å². The van der Waals surface area contributed by atoms with Gasteiger partial charge in [0.05, 0.1) is 0 Å². The molecule has 1 aliphatic rings. The second-order valence-electron chi connectivity index (χ2n) is 5.01. The molecule has 0 amide bonds. The van der Waals surface area contributed by atoms with Crippen molar-refractivity contribution >= 4 is 0 Å². The first-order valence-corrected chi connectivity index (χ1v) is 5.70. The highest BCUT2D eigenvalue weighted by atomic mass is 15.3. The first-order chi connectivity index (χ1) is 6.56. The number of hydrogen-bond acceptors (Lipinski definition) is 3. The molecule has 0 unspecified atom stereocenters. The smallest absolute Gasteiger partial charge is 0.0277 e. The summed E-state index contributed by atoms with van der Waals surface area (Å²) in [5.74, 6) is 0. The average molecular weight is 199 g/mol. The molecule has 0 bridgehead atoms. The quantitative estimate of drug-likeness (QED) is 0.678. The minimum Gasteiger partial charge on any atom is -0.330 e. The van der Waals surface area contributed by atoms with Crippen molar-refractivity contribution in [2.75, 3.05) is 39.8 Å². The first kappa shape index (κ1) is 12.0. The SMILES string of the molecule is CN1CCN(CCCCN)CC1(C)C. The second-order valence-corrected chi connectivity index (χ2v) is 5.01. The number of nitrogens with zero attached hydrogens (tertiary/aromatic N) is 2. The van der Waals surface area contributed by atoms with Gasteiger partial charge in [-0.3, -0.25) is 4.90 Å². The van der Waals surface area contributed by atoms with Gasteiger partial charge in [0.15, 0.2) is 0 Å². The Morgan fingerprint density at radius 2 is 1.93 bits per heavy atom. The van der Waals surface area contributed by atoms with Crippen molar-refractivity contribution in [3.05, 3.63) is 0 Å². The first-order valence-electron chi connectivity index (χ1n) is 5.70. The number of hydrogen-bond donors (Lipinski definition) is 1. The lowest BCUT2D eigenvalue weighted by atomic mass is 9.99. The summed E-state index contributed by atoms with van der Waals surface area (Å²) < 4.78 is 0. The van der Waals surface area contributed by atoms with Crippen LogP contribution in [0.1, 0.15) is 26.7 Å². The normalized spacial score (nSPS) is 24.0. The lowest BCUT2D eigenvalue weighted by molar-refractivity contribution is 0.0394. The van der Waals surface area contributed by atoms with Crippen LogP contribution in [0.15, 0.2) is 0 Å². The second kappa shape index (κ2) is 5.10. The molecule has 1 aliphatic heterocycles. The van der Waals surface area contributed by atoms with Crippen LogP contribution in [0.3, 0.4) is 0 Å². The van der Waals surface area contributed by atoms with Gasteiger partial charge in [0.2, 0.25) is 0 Å². The van der Waals surface area contributed by atoms with E-state index >= 15 is 0 Å². The van der Waals surface area contributed by atoms with E-state index in [0.717, 1.165) is 13.0 Å². The minimum absolute atomic E-state index is 0.334. The Bertz CT molecular complexity index is 168. The van der Waals surface area contributed by atoms with Gasteiger partial charge in [0.1, 0.15) is 0 Å². The van der Waals surface area contributed by atoms with E-state index < -0.39 is 0 Å². The molecule has 0 atom stereocenters. The van der Waals surface area contributed by atoms with E-state index in [9.17, 15) is 0 Å². The fourth-order valence-electron chi connectivity index (χ4n) is 2.01. The van der Waals surface area contributed by atoms with Crippen LogP contribution in [-0.2, 0) is 0 Å². The van der Waals surface area contributed by atoms with E-state index in [1.54, 1.807) is 0 Å². The monoisotopic (exact) mass is 199 g/mol. The van der Waals surface area contributed by atoms with Gasteiger partial charge in [0, 0.05) is 25.2 Å². The Balaban J connectivity index is 2.29. The third kappa shape index (κ3) is 3.23. The van der Waals surface area contributed by atoms with Gasteiger partial charge in [0.25, 0.3) is 0 Å². The van der Waals surface area contributed by atoms with Crippen LogP contribution in [0, 0.1) is 0 Å². The highest BCUT2D eigenvalue weighted by Crippen LogP contribution is 2.18. The van der Waals surface area contributed by atoms with Crippen LogP contribution in [0.25, 0.3) is 0 Å². The Morgan fingerprint density at radius 1 is 1.21 bits per heavy atom. The Morgan fingerprint density at radius 3 is 2.50 bits per heavy atom. The van der Waals surface area contributed by atoms with E-state index in [-0.39, 0.29) is 0 Å². The Labute approximate surface area is 88.2 Å². The number of rotatable bonds is 4. The molecule has 84 valence electrons. The highest BCUT2D eigenvalue weighted by Gasteiger charge is 2.30. The molecular formula is C11H25N3. The van der Waals surface area contributed by atoms with E-state index in [0.29, 0.717) is 5.54 Å². The molecule has 3 nitrogen and oxygen atoms in total. The molecule has 1 heterocycles. The Kier molecular flexibility index (Phi) is 4.35. The molecule has 0 saturated carbocycles. The number of likely N-dealkylation sites (N-methyl/N-ethyl adjacent to an activating group) is 1. The molecule has 1 rings (SSSR count). The van der Waals surface area contributed by atoms with E-state index in [2.05, 4.69) is 30.7 Å². The summed E-state index contributed by atoms with van der Waals surface area (Å²) in [4.78, 5) is 5.02. The van der Waals surface area contributed by atoms with Gasteiger partial charge in [-0.05, 0) is 46.8 Å². The van der Waals surface area contributed by atoms with Crippen molar-refractivity contribution in [1.29, 1.82) is 0 Å². The minimum atomic E-state index is 0.334. The van der Waals surface area contributed by atoms with Crippen molar-refractivity contribution < 1.29 is 0 Å². The van der Waals surface area contributed by atoms with E-state index in [1.165, 1.54) is 32.6 Å². The Hall–Kier alpha value is -0.120. The van der Waals surface area contributed by atoms with Crippen molar-refractivity contribution in [2.24, 2.45) is 5.73 Å². The lowest BCUT2D eigenvalue weighted by Gasteiger charge is -2.45. The van der Waals surface area contributed by atoms with Gasteiger partial charge in [-0.25, -0.2) is 0 Å². The number of piperazine rings is 1. The zero-order chi connectivity index (χ0) is 10.6. The summed E-state index contributed by atoms with van der Waals surface area (Å²) in [6.07, 6.45) is 2.41. The van der Waals surface area contributed by atoms with Crippen LogP contribution in [0.4, 0.5) is 0 Å². The zero-order valence-corrected chi connectivity index (χ0v) is 9.92. The third-order valence-corrected chi connectivity index (χ3v) is 3.32. The molecule has 0 aromatic carbocycles. The van der Waals surface area contributed by atoms with Gasteiger partial charge < -0.3 is 10.6 Å². The standard InChI is InChI=1S/C11H25N3/c1-11(2)10-14(7-5-4-6-12)9-8-13(11)3/h4-10,12H2,1-3H3. The maximum Gasteiger partial charge on any atom is 0.0277 e. The molecule has 0 radical (unpaired) electrons. The zero-order valence-electron chi connectivity index (χ0n) is 9.92. The largest absolute Gasteiger partial charge is 0.330 e. The molecule has 0 aliphatic carbocycles. The summed E-state index contributed by atoms with van der Waals surface area (Å²) in [6.45, 7) is 10.3. The topological polar surface area (TPSA) is 32.5 Å². The van der Waals surface area contributed by atoms with Crippen molar-refractivity contribution in [3.8, 4) is 0 Å². The molecule has 2 N–H and O–H groups in total. The van der Waals surface area contributed by atoms with Crippen LogP contribution in [0.2, 0.25) is 0 Å². The maximum absolute atomic E-state index is 5.49. The van der Waals surface area contributed by atoms with Crippen molar-refractivity contribution in [1.82, 2.24) is 9.80 Å². The molecule has 1 fully saturated rings. The van der Waals surface area contributed by atoms with E-state index in [4.69, 9.17) is 5.73 Å². The molecule has 1 saturated heterocycles. The molecule has 0 aromatic rings. The van der Waals surface area contributed by atoms with Gasteiger partial charge in [-0.2, -0.15) is 0 Å². The average Bonchev–Trinajstić information content (AvgIpc) is 2.11. The highest BCUT2D eigenvalue weighted by molar-refractivity contribution is 4.87. The molecule has 3 heteroatoms. The third-order valence-electron chi connectivity index (χ3n) is 3.32. The van der Waals surface area contributed by atoms with Gasteiger partial charge >= 0.3 is 0 Å². The number of nitrogens with two attached hydrogens (primary N) is 1. The molecule has 0 aromatic heterocycles. The fraction of sp³-hybridized carbons (Fsp3) is 1.00. The van der Waals surface area contributed by atoms with Gasteiger partial charge in [-0.15, -0.1) is 0 Å². The fourth-order valence-corrected chi connectivity index (χ4v) is 2.01. The summed E-state index contributed by atoms with van der Waals surface area (Å²) in [5.41, 5.74) is 5.83. The number of unbranched alkanes of at least 4 members (excludes halogenated alkanes) is 1. The maximum atomic E-state index is 5.49. The summed E-state index contributed by atoms with van der Waals surface area (Å²) in [5, 5.41) is 0. The summed E-state index contributed by atoms with van der Waals surface area (Å²) >= 11 is 0. The van der Waals surface area contributed by atoms with Crippen LogP contribution in [0.5, 0.6) is 0 Å². The lowest BCUT2D eigenvalue weighted by Crippen LogP contribution is -2.57. The van der Waals surface area contributed by atoms with Crippen LogP contribution < -0.4 is 5.73 Å². The predicted octanol–water partition coefficient (Wildman–Crippen LogP) is 0.751. The van der Waals surface area contributed by atoms with Crippen molar-refractivity contribution in [3.63, 3.8) is 0 Å². The molecule has 0 spiro atoms. The molecular weight excluding hydrogens is 174 g/mol. The summed E-state index contributed by atoms with van der Waals surface area (Å²) in [6, 6.07) is 0. The van der Waals surface area contributed by atoms with E-state index in [1.807, 2.05) is 0 Å². The van der Waals surface area contributed by atoms with Crippen LogP contribution >= 0.6 is 0 Å². The molecule has 14 heavy (non-hydrogen) atoms.